The molecule has 0 bridgehead atoms. The molecule has 0 saturated heterocycles. The highest BCUT2D eigenvalue weighted by atomic mass is 35.5. The molecule has 0 spiro atoms. The number of aliphatic hydroxyl groups excluding tert-OH is 1. The maximum Gasteiger partial charge on any atom is 0.226 e. The molecule has 0 saturated carbocycles. The van der Waals surface area contributed by atoms with E-state index in [1.807, 2.05) is 53.9 Å². The zero-order valence-corrected chi connectivity index (χ0v) is 20.8. The minimum atomic E-state index is -1.20. The number of hydrogen-bond acceptors (Lipinski definition) is 7. The van der Waals surface area contributed by atoms with Crippen molar-refractivity contribution >= 4 is 57.0 Å². The van der Waals surface area contributed by atoms with Crippen LogP contribution in [-0.4, -0.2) is 23.5 Å². The molecule has 2 heterocycles. The van der Waals surface area contributed by atoms with Gasteiger partial charge in [-0.3, -0.25) is 0 Å². The van der Waals surface area contributed by atoms with Crippen molar-refractivity contribution < 1.29 is 19.3 Å². The Morgan fingerprint density at radius 2 is 1.91 bits per heavy atom. The lowest BCUT2D eigenvalue weighted by molar-refractivity contribution is 0.0288. The number of fused-ring (bicyclic) bond motifs is 1. The number of methoxy groups -OCH3 is 1. The maximum absolute atomic E-state index is 10.8. The van der Waals surface area contributed by atoms with Gasteiger partial charge in [0.1, 0.15) is 12.4 Å². The molecule has 3 aromatic carbocycles. The van der Waals surface area contributed by atoms with Gasteiger partial charge in [-0.15, -0.1) is 11.3 Å². The highest BCUT2D eigenvalue weighted by molar-refractivity contribution is 7.13. The number of para-hydroxylation sites is 3. The summed E-state index contributed by atoms with van der Waals surface area (Å²) in [6.07, 6.45) is 0.653. The Hall–Kier alpha value is -3.23. The number of nitrogens with one attached hydrogen (secondary N) is 1. The third kappa shape index (κ3) is 5.09. The molecule has 1 atom stereocenters. The van der Waals surface area contributed by atoms with Crippen LogP contribution in [0.2, 0.25) is 10.0 Å². The number of aromatic nitrogens is 1. The first-order valence-corrected chi connectivity index (χ1v) is 12.3. The van der Waals surface area contributed by atoms with Crippen LogP contribution in [0.4, 0.5) is 10.8 Å². The zero-order chi connectivity index (χ0) is 24.4. The van der Waals surface area contributed by atoms with Crippen molar-refractivity contribution in [1.29, 1.82) is 0 Å². The van der Waals surface area contributed by atoms with Gasteiger partial charge in [-0.05, 0) is 36.4 Å². The van der Waals surface area contributed by atoms with Crippen molar-refractivity contribution in [2.75, 3.05) is 12.4 Å². The summed E-state index contributed by atoms with van der Waals surface area (Å²) in [4.78, 5) is 4.63. The maximum atomic E-state index is 10.8. The fraction of sp³-hybridized carbons (Fsp3) is 0.115. The van der Waals surface area contributed by atoms with Crippen LogP contribution in [0.3, 0.4) is 0 Å². The van der Waals surface area contributed by atoms with Crippen LogP contribution in [0.25, 0.3) is 11.6 Å². The molecule has 1 aromatic heterocycles. The van der Waals surface area contributed by atoms with Crippen LogP contribution in [0, 0.1) is 0 Å². The molecule has 1 aliphatic heterocycles. The van der Waals surface area contributed by atoms with E-state index in [0.717, 1.165) is 16.8 Å². The second kappa shape index (κ2) is 10.2. The van der Waals surface area contributed by atoms with Crippen LogP contribution in [-0.2, 0) is 6.61 Å². The number of anilines is 2. The van der Waals surface area contributed by atoms with Crippen molar-refractivity contribution in [2.45, 2.75) is 12.9 Å². The molecule has 9 heteroatoms. The normalized spacial score (nSPS) is 14.5. The van der Waals surface area contributed by atoms with E-state index >= 15 is 0 Å². The van der Waals surface area contributed by atoms with Crippen molar-refractivity contribution in [3.8, 4) is 17.2 Å². The SMILES string of the molecule is COc1ccccc1Nc1nc(C2=Cc3cccc(OCc4ccc(Cl)cc4Cl)c3OC2O)cs1. The number of aliphatic hydroxyl groups is 1. The number of ether oxygens (including phenoxy) is 3. The summed E-state index contributed by atoms with van der Waals surface area (Å²) in [5, 5.41) is 17.6. The van der Waals surface area contributed by atoms with E-state index in [2.05, 4.69) is 10.3 Å². The first kappa shape index (κ1) is 23.5. The van der Waals surface area contributed by atoms with Gasteiger partial charge in [-0.2, -0.15) is 0 Å². The number of nitrogens with zero attached hydrogens (tertiary/aromatic N) is 1. The topological polar surface area (TPSA) is 72.8 Å². The first-order valence-electron chi connectivity index (χ1n) is 10.6. The molecule has 0 aliphatic carbocycles. The minimum Gasteiger partial charge on any atom is -0.495 e. The van der Waals surface area contributed by atoms with E-state index in [9.17, 15) is 5.11 Å². The molecule has 0 fully saturated rings. The van der Waals surface area contributed by atoms with E-state index in [1.54, 1.807) is 25.3 Å². The zero-order valence-electron chi connectivity index (χ0n) is 18.5. The van der Waals surface area contributed by atoms with Gasteiger partial charge in [0.05, 0.1) is 18.5 Å². The largest absolute Gasteiger partial charge is 0.495 e. The lowest BCUT2D eigenvalue weighted by atomic mass is 10.0. The molecule has 0 amide bonds. The van der Waals surface area contributed by atoms with Gasteiger partial charge in [0, 0.05) is 32.1 Å². The van der Waals surface area contributed by atoms with Crippen LogP contribution in [0.15, 0.2) is 66.0 Å². The summed E-state index contributed by atoms with van der Waals surface area (Å²) >= 11 is 13.6. The average molecular weight is 527 g/mol. The fourth-order valence-electron chi connectivity index (χ4n) is 3.62. The molecule has 0 radical (unpaired) electrons. The third-order valence-corrected chi connectivity index (χ3v) is 6.71. The predicted octanol–water partition coefficient (Wildman–Crippen LogP) is 7.03. The van der Waals surface area contributed by atoms with Crippen molar-refractivity contribution in [3.63, 3.8) is 0 Å². The van der Waals surface area contributed by atoms with Crippen molar-refractivity contribution in [3.05, 3.63) is 92.9 Å². The molecular weight excluding hydrogens is 507 g/mol. The van der Waals surface area contributed by atoms with E-state index in [0.29, 0.717) is 43.7 Å². The Balaban J connectivity index is 1.37. The predicted molar refractivity (Wildman–Crippen MR) is 140 cm³/mol. The molecule has 178 valence electrons. The summed E-state index contributed by atoms with van der Waals surface area (Å²) in [7, 11) is 1.62. The Morgan fingerprint density at radius 3 is 2.74 bits per heavy atom. The summed E-state index contributed by atoms with van der Waals surface area (Å²) in [5.74, 6) is 1.67. The van der Waals surface area contributed by atoms with Crippen LogP contribution < -0.4 is 19.5 Å². The number of rotatable bonds is 7. The van der Waals surface area contributed by atoms with Crippen LogP contribution in [0.1, 0.15) is 16.8 Å². The fourth-order valence-corrected chi connectivity index (χ4v) is 4.82. The van der Waals surface area contributed by atoms with Crippen LogP contribution in [0.5, 0.6) is 17.2 Å². The van der Waals surface area contributed by atoms with Gasteiger partial charge < -0.3 is 24.6 Å². The molecular formula is C26H20Cl2N2O4S. The molecule has 5 rings (SSSR count). The second-order valence-electron chi connectivity index (χ2n) is 7.63. The summed E-state index contributed by atoms with van der Waals surface area (Å²) < 4.78 is 17.2. The highest BCUT2D eigenvalue weighted by Gasteiger charge is 2.26. The quantitative estimate of drug-likeness (QED) is 0.269. The minimum absolute atomic E-state index is 0.229. The van der Waals surface area contributed by atoms with Gasteiger partial charge >= 0.3 is 0 Å². The van der Waals surface area contributed by atoms with Gasteiger partial charge in [-0.1, -0.05) is 53.5 Å². The number of halogens is 2. The Kier molecular flexibility index (Phi) is 6.83. The first-order chi connectivity index (χ1) is 17.0. The standard InChI is InChI=1S/C26H20Cl2N2O4S/c1-32-22-7-3-2-6-20(22)29-26-30-21(14-35-26)18-11-15-5-4-8-23(24(15)34-25(18)31)33-13-16-9-10-17(27)12-19(16)28/h2-12,14,25,31H,13H2,1H3,(H,29,30). The Bertz CT molecular complexity index is 1410. The molecule has 1 unspecified atom stereocenters. The number of hydrogen-bond donors (Lipinski definition) is 2. The van der Waals surface area contributed by atoms with Gasteiger partial charge in [0.25, 0.3) is 0 Å². The number of thiazole rings is 1. The lowest BCUT2D eigenvalue weighted by Gasteiger charge is -2.24. The molecule has 6 nitrogen and oxygen atoms in total. The average Bonchev–Trinajstić information content (AvgIpc) is 3.32. The summed E-state index contributed by atoms with van der Waals surface area (Å²) in [5.41, 5.74) is 3.54. The van der Waals surface area contributed by atoms with Crippen molar-refractivity contribution in [1.82, 2.24) is 4.98 Å². The second-order valence-corrected chi connectivity index (χ2v) is 9.33. The Morgan fingerprint density at radius 1 is 1.09 bits per heavy atom. The number of benzene rings is 3. The van der Waals surface area contributed by atoms with Crippen molar-refractivity contribution in [2.24, 2.45) is 0 Å². The van der Waals surface area contributed by atoms with Gasteiger partial charge in [-0.25, -0.2) is 4.98 Å². The van der Waals surface area contributed by atoms with E-state index in [1.165, 1.54) is 11.3 Å². The monoisotopic (exact) mass is 526 g/mol. The highest BCUT2D eigenvalue weighted by Crippen LogP contribution is 2.41. The third-order valence-electron chi connectivity index (χ3n) is 5.36. The summed E-state index contributed by atoms with van der Waals surface area (Å²) in [6, 6.07) is 18.4. The molecule has 2 N–H and O–H groups in total. The Labute approximate surface area is 216 Å². The molecule has 1 aliphatic rings. The van der Waals surface area contributed by atoms with E-state index in [-0.39, 0.29) is 6.61 Å². The molecule has 4 aromatic rings. The lowest BCUT2D eigenvalue weighted by Crippen LogP contribution is -2.21. The summed E-state index contributed by atoms with van der Waals surface area (Å²) in [6.45, 7) is 0.229. The van der Waals surface area contributed by atoms with Gasteiger partial charge in [0.15, 0.2) is 16.6 Å². The van der Waals surface area contributed by atoms with E-state index in [4.69, 9.17) is 37.4 Å². The van der Waals surface area contributed by atoms with Crippen LogP contribution >= 0.6 is 34.5 Å². The molecule has 35 heavy (non-hydrogen) atoms. The smallest absolute Gasteiger partial charge is 0.226 e. The van der Waals surface area contributed by atoms with E-state index < -0.39 is 6.29 Å². The van der Waals surface area contributed by atoms with Gasteiger partial charge in [0.2, 0.25) is 6.29 Å².